The smallest absolute Gasteiger partial charge is 0.329 e. The van der Waals surface area contributed by atoms with E-state index < -0.39 is 28.9 Å². The molecule has 2 rings (SSSR count). The lowest BCUT2D eigenvalue weighted by Gasteiger charge is -2.22. The van der Waals surface area contributed by atoms with Crippen LogP contribution in [0.3, 0.4) is 0 Å². The normalized spacial score (nSPS) is 15.8. The minimum absolute atomic E-state index is 0.0556. The number of esters is 1. The Kier molecular flexibility index (Phi) is 6.26. The Bertz CT molecular complexity index is 714. The molecule has 140 valence electrons. The first-order valence-corrected chi connectivity index (χ1v) is 8.34. The molecule has 1 heterocycles. The van der Waals surface area contributed by atoms with Gasteiger partial charge in [0.2, 0.25) is 0 Å². The van der Waals surface area contributed by atoms with Crippen LogP contribution < -0.4 is 5.32 Å². The molecule has 0 radical (unpaired) electrons. The number of ether oxygens (including phenoxy) is 1. The molecule has 0 aromatic heterocycles. The van der Waals surface area contributed by atoms with Gasteiger partial charge in [-0.15, -0.1) is 0 Å². The molecule has 1 N–H and O–H groups in total. The summed E-state index contributed by atoms with van der Waals surface area (Å²) in [5.41, 5.74) is -0.169. The lowest BCUT2D eigenvalue weighted by molar-refractivity contribution is -0.384. The lowest BCUT2D eigenvalue weighted by Crippen LogP contribution is -2.44. The third kappa shape index (κ3) is 4.78. The fourth-order valence-electron chi connectivity index (χ4n) is 2.62. The van der Waals surface area contributed by atoms with Gasteiger partial charge in [-0.1, -0.05) is 6.07 Å². The van der Waals surface area contributed by atoms with Gasteiger partial charge in [0.15, 0.2) is 6.10 Å². The summed E-state index contributed by atoms with van der Waals surface area (Å²) >= 11 is 0. The summed E-state index contributed by atoms with van der Waals surface area (Å²) in [5.74, 6) is -1.64. The van der Waals surface area contributed by atoms with Gasteiger partial charge in [0.25, 0.3) is 17.5 Å². The van der Waals surface area contributed by atoms with Crippen LogP contribution >= 0.6 is 0 Å². The lowest BCUT2D eigenvalue weighted by atomic mass is 10.2. The van der Waals surface area contributed by atoms with Crippen molar-refractivity contribution in [2.75, 3.05) is 13.1 Å². The van der Waals surface area contributed by atoms with Gasteiger partial charge < -0.3 is 15.0 Å². The van der Waals surface area contributed by atoms with E-state index in [1.54, 1.807) is 4.90 Å². The van der Waals surface area contributed by atoms with Crippen molar-refractivity contribution in [2.24, 2.45) is 0 Å². The Morgan fingerprint density at radius 1 is 1.23 bits per heavy atom. The van der Waals surface area contributed by atoms with E-state index in [2.05, 4.69) is 5.32 Å². The first kappa shape index (κ1) is 19.4. The maximum atomic E-state index is 12.1. The summed E-state index contributed by atoms with van der Waals surface area (Å²) < 4.78 is 5.13. The van der Waals surface area contributed by atoms with E-state index in [0.717, 1.165) is 18.9 Å². The number of carbonyl (C=O) groups excluding carboxylic acids is 3. The van der Waals surface area contributed by atoms with Crippen LogP contribution in [0.4, 0.5) is 5.69 Å². The topological polar surface area (TPSA) is 119 Å². The zero-order valence-corrected chi connectivity index (χ0v) is 14.6. The van der Waals surface area contributed by atoms with Crippen molar-refractivity contribution in [1.82, 2.24) is 10.2 Å². The summed E-state index contributed by atoms with van der Waals surface area (Å²) in [7, 11) is 0. The van der Waals surface area contributed by atoms with Gasteiger partial charge in [0.1, 0.15) is 6.04 Å². The van der Waals surface area contributed by atoms with Gasteiger partial charge in [-0.3, -0.25) is 19.7 Å². The fraction of sp³-hybridized carbons (Fsp3) is 0.471. The molecule has 2 amide bonds. The van der Waals surface area contributed by atoms with Crippen molar-refractivity contribution in [2.45, 2.75) is 38.8 Å². The van der Waals surface area contributed by atoms with Crippen molar-refractivity contribution in [3.63, 3.8) is 0 Å². The van der Waals surface area contributed by atoms with E-state index in [-0.39, 0.29) is 17.2 Å². The van der Waals surface area contributed by atoms with Gasteiger partial charge in [-0.25, -0.2) is 4.79 Å². The number of hydrogen-bond donors (Lipinski definition) is 1. The number of amides is 2. The highest BCUT2D eigenvalue weighted by molar-refractivity contribution is 5.97. The minimum Gasteiger partial charge on any atom is -0.451 e. The molecule has 2 atom stereocenters. The van der Waals surface area contributed by atoms with E-state index in [9.17, 15) is 24.5 Å². The Labute approximate surface area is 150 Å². The second-order valence-corrected chi connectivity index (χ2v) is 6.11. The van der Waals surface area contributed by atoms with Crippen LogP contribution in [0.25, 0.3) is 0 Å². The van der Waals surface area contributed by atoms with E-state index in [4.69, 9.17) is 4.74 Å². The zero-order valence-electron chi connectivity index (χ0n) is 14.6. The second-order valence-electron chi connectivity index (χ2n) is 6.11. The number of nitro groups is 1. The second kappa shape index (κ2) is 8.41. The molecule has 1 aromatic carbocycles. The quantitative estimate of drug-likeness (QED) is 0.462. The molecular formula is C17H21N3O6. The van der Waals surface area contributed by atoms with Gasteiger partial charge in [0.05, 0.1) is 4.92 Å². The maximum Gasteiger partial charge on any atom is 0.329 e. The van der Waals surface area contributed by atoms with Gasteiger partial charge in [-0.2, -0.15) is 0 Å². The molecule has 1 aliphatic rings. The van der Waals surface area contributed by atoms with E-state index in [1.807, 2.05) is 0 Å². The molecule has 0 aliphatic carbocycles. The van der Waals surface area contributed by atoms with Crippen molar-refractivity contribution >= 4 is 23.5 Å². The molecule has 0 saturated carbocycles. The Morgan fingerprint density at radius 2 is 1.88 bits per heavy atom. The number of rotatable bonds is 6. The molecule has 1 aromatic rings. The zero-order chi connectivity index (χ0) is 19.3. The van der Waals surface area contributed by atoms with Crippen molar-refractivity contribution in [1.29, 1.82) is 0 Å². The molecule has 0 bridgehead atoms. The molecule has 9 nitrogen and oxygen atoms in total. The van der Waals surface area contributed by atoms with E-state index in [0.29, 0.717) is 13.1 Å². The molecule has 1 saturated heterocycles. The molecule has 0 spiro atoms. The third-order valence-corrected chi connectivity index (χ3v) is 4.08. The van der Waals surface area contributed by atoms with Crippen LogP contribution in [0, 0.1) is 10.1 Å². The number of benzene rings is 1. The van der Waals surface area contributed by atoms with E-state index in [1.165, 1.54) is 32.0 Å². The van der Waals surface area contributed by atoms with Gasteiger partial charge in [-0.05, 0) is 32.8 Å². The third-order valence-electron chi connectivity index (χ3n) is 4.08. The highest BCUT2D eigenvalue weighted by Gasteiger charge is 2.28. The van der Waals surface area contributed by atoms with Crippen LogP contribution in [-0.4, -0.2) is 52.8 Å². The summed E-state index contributed by atoms with van der Waals surface area (Å²) in [6.45, 7) is 4.22. The summed E-state index contributed by atoms with van der Waals surface area (Å²) in [6.07, 6.45) is 0.933. The largest absolute Gasteiger partial charge is 0.451 e. The number of non-ortho nitro benzene ring substituents is 1. The van der Waals surface area contributed by atoms with Gasteiger partial charge >= 0.3 is 5.97 Å². The molecule has 26 heavy (non-hydrogen) atoms. The number of nitrogens with one attached hydrogen (secondary N) is 1. The number of likely N-dealkylation sites (tertiary alicyclic amines) is 1. The van der Waals surface area contributed by atoms with Crippen LogP contribution in [0.5, 0.6) is 0 Å². The fourth-order valence-corrected chi connectivity index (χ4v) is 2.62. The summed E-state index contributed by atoms with van der Waals surface area (Å²) in [5, 5.41) is 13.2. The van der Waals surface area contributed by atoms with E-state index >= 15 is 0 Å². The number of nitro benzene ring substituents is 1. The summed E-state index contributed by atoms with van der Waals surface area (Å²) in [6, 6.07) is 4.16. The average Bonchev–Trinajstić information content (AvgIpc) is 3.15. The monoisotopic (exact) mass is 363 g/mol. The minimum atomic E-state index is -1.00. The Hall–Kier alpha value is -2.97. The average molecular weight is 363 g/mol. The van der Waals surface area contributed by atoms with Crippen molar-refractivity contribution in [3.8, 4) is 0 Å². The van der Waals surface area contributed by atoms with Crippen LogP contribution in [0.1, 0.15) is 37.0 Å². The first-order chi connectivity index (χ1) is 12.3. The van der Waals surface area contributed by atoms with Gasteiger partial charge in [0, 0.05) is 30.8 Å². The maximum absolute atomic E-state index is 12.1. The summed E-state index contributed by atoms with van der Waals surface area (Å²) in [4.78, 5) is 48.2. The predicted molar refractivity (Wildman–Crippen MR) is 91.4 cm³/mol. The highest BCUT2D eigenvalue weighted by atomic mass is 16.6. The first-order valence-electron chi connectivity index (χ1n) is 8.34. The molecule has 1 unspecified atom stereocenters. The Balaban J connectivity index is 1.91. The molecule has 1 aliphatic heterocycles. The highest BCUT2D eigenvalue weighted by Crippen LogP contribution is 2.14. The number of hydrogen-bond acceptors (Lipinski definition) is 6. The molecular weight excluding hydrogens is 342 g/mol. The Morgan fingerprint density at radius 3 is 2.50 bits per heavy atom. The SMILES string of the molecule is CC(OC(=O)[C@H](C)NC(=O)c1cccc([N+](=O)[O-])c1)C(=O)N1CCCC1. The van der Waals surface area contributed by atoms with Crippen LogP contribution in [0.2, 0.25) is 0 Å². The number of nitrogens with zero attached hydrogens (tertiary/aromatic N) is 2. The van der Waals surface area contributed by atoms with Crippen molar-refractivity contribution in [3.05, 3.63) is 39.9 Å². The molecule has 9 heteroatoms. The van der Waals surface area contributed by atoms with Crippen LogP contribution in [0.15, 0.2) is 24.3 Å². The number of carbonyl (C=O) groups is 3. The molecule has 1 fully saturated rings. The van der Waals surface area contributed by atoms with Crippen molar-refractivity contribution < 1.29 is 24.0 Å². The van der Waals surface area contributed by atoms with Crippen LogP contribution in [-0.2, 0) is 14.3 Å². The predicted octanol–water partition coefficient (Wildman–Crippen LogP) is 1.27. The standard InChI is InChI=1S/C17H21N3O6/c1-11(17(23)26-12(2)16(22)19-8-3-4-9-19)18-15(21)13-6-5-7-14(10-13)20(24)25/h5-7,10-12H,3-4,8-9H2,1-2H3,(H,18,21)/t11-,12?/m0/s1.